The van der Waals surface area contributed by atoms with E-state index in [-0.39, 0.29) is 0 Å². The van der Waals surface area contributed by atoms with Crippen molar-refractivity contribution in [3.8, 4) is 0 Å². The summed E-state index contributed by atoms with van der Waals surface area (Å²) >= 11 is 0. The number of carboxylic acid groups (broad SMARTS) is 1. The van der Waals surface area contributed by atoms with Crippen LogP contribution in [-0.4, -0.2) is 16.1 Å². The maximum absolute atomic E-state index is 12.9. The number of nitrogens with zero attached hydrogens (tertiary/aromatic N) is 1. The molecule has 1 rings (SSSR count). The van der Waals surface area contributed by atoms with E-state index in [4.69, 9.17) is 5.11 Å². The van der Waals surface area contributed by atoms with Crippen molar-refractivity contribution in [1.82, 2.24) is 0 Å². The molecule has 0 atom stereocenters. The average Bonchev–Trinajstić information content (AvgIpc) is 2.07. The Kier molecular flexibility index (Phi) is 2.61. The first-order valence-corrected chi connectivity index (χ1v) is 3.45. The molecule has 1 amide bonds. The Hall–Kier alpha value is -2.18. The molecule has 0 aromatic heterocycles. The smallest absolute Gasteiger partial charge is 0.409 e. The lowest BCUT2D eigenvalue weighted by Gasteiger charge is -2.02. The zero-order chi connectivity index (χ0) is 10.7. The van der Waals surface area contributed by atoms with Crippen molar-refractivity contribution in [1.29, 1.82) is 0 Å². The molecule has 0 saturated heterocycles. The number of para-hydroxylation sites is 1. The number of rotatable bonds is 2. The number of benzene rings is 1. The van der Waals surface area contributed by atoms with Gasteiger partial charge in [-0.05, 0) is 6.07 Å². The van der Waals surface area contributed by atoms with Gasteiger partial charge in [0.1, 0.15) is 0 Å². The van der Waals surface area contributed by atoms with Gasteiger partial charge >= 0.3 is 6.09 Å². The Morgan fingerprint density at radius 1 is 1.57 bits per heavy atom. The van der Waals surface area contributed by atoms with Gasteiger partial charge in [-0.25, -0.2) is 9.18 Å². The van der Waals surface area contributed by atoms with E-state index in [0.29, 0.717) is 0 Å². The molecule has 0 aliphatic carbocycles. The van der Waals surface area contributed by atoms with Crippen LogP contribution in [0.15, 0.2) is 18.2 Å². The minimum Gasteiger partial charge on any atom is -0.465 e. The van der Waals surface area contributed by atoms with E-state index in [1.807, 2.05) is 0 Å². The van der Waals surface area contributed by atoms with Crippen LogP contribution in [0.4, 0.5) is 20.6 Å². The molecule has 0 aliphatic rings. The molecule has 1 aromatic rings. The van der Waals surface area contributed by atoms with Crippen LogP contribution in [0.3, 0.4) is 0 Å². The molecule has 0 fully saturated rings. The lowest BCUT2D eigenvalue weighted by Crippen LogP contribution is -2.10. The van der Waals surface area contributed by atoms with Gasteiger partial charge in [0, 0.05) is 6.07 Å². The van der Waals surface area contributed by atoms with E-state index in [2.05, 4.69) is 0 Å². The lowest BCUT2D eigenvalue weighted by atomic mass is 10.2. The Morgan fingerprint density at radius 3 is 2.71 bits per heavy atom. The minimum atomic E-state index is -1.56. The van der Waals surface area contributed by atoms with Crippen LogP contribution in [-0.2, 0) is 0 Å². The van der Waals surface area contributed by atoms with E-state index >= 15 is 0 Å². The van der Waals surface area contributed by atoms with Crippen molar-refractivity contribution < 1.29 is 19.2 Å². The fourth-order valence-electron chi connectivity index (χ4n) is 0.896. The third-order valence-corrected chi connectivity index (χ3v) is 1.42. The zero-order valence-electron chi connectivity index (χ0n) is 6.73. The van der Waals surface area contributed by atoms with E-state index in [1.54, 1.807) is 5.32 Å². The summed E-state index contributed by atoms with van der Waals surface area (Å²) in [4.78, 5) is 19.7. The van der Waals surface area contributed by atoms with Crippen LogP contribution >= 0.6 is 0 Å². The van der Waals surface area contributed by atoms with Gasteiger partial charge in [-0.2, -0.15) is 0 Å². The highest BCUT2D eigenvalue weighted by molar-refractivity contribution is 5.86. The Morgan fingerprint density at radius 2 is 2.21 bits per heavy atom. The molecule has 6 nitrogen and oxygen atoms in total. The summed E-state index contributed by atoms with van der Waals surface area (Å²) in [5.74, 6) is -0.985. The molecule has 1 aromatic carbocycles. The van der Waals surface area contributed by atoms with E-state index in [0.717, 1.165) is 18.2 Å². The summed E-state index contributed by atoms with van der Waals surface area (Å²) < 4.78 is 12.9. The average molecular weight is 200 g/mol. The van der Waals surface area contributed by atoms with Crippen LogP contribution in [0.2, 0.25) is 0 Å². The number of amides is 1. The van der Waals surface area contributed by atoms with Gasteiger partial charge in [0.2, 0.25) is 0 Å². The minimum absolute atomic E-state index is 0.618. The summed E-state index contributed by atoms with van der Waals surface area (Å²) in [7, 11) is 0. The molecule has 0 unspecified atom stereocenters. The molecular weight excluding hydrogens is 195 g/mol. The number of nitrogens with one attached hydrogen (secondary N) is 1. The van der Waals surface area contributed by atoms with Crippen molar-refractivity contribution in [3.63, 3.8) is 0 Å². The third kappa shape index (κ3) is 1.94. The highest BCUT2D eigenvalue weighted by Gasteiger charge is 2.19. The molecule has 2 N–H and O–H groups in total. The van der Waals surface area contributed by atoms with Gasteiger partial charge in [0.05, 0.1) is 4.92 Å². The predicted octanol–water partition coefficient (Wildman–Crippen LogP) is 1.82. The van der Waals surface area contributed by atoms with Crippen LogP contribution in [0.25, 0.3) is 0 Å². The van der Waals surface area contributed by atoms with Crippen LogP contribution in [0, 0.1) is 15.9 Å². The van der Waals surface area contributed by atoms with Gasteiger partial charge in [-0.1, -0.05) is 6.07 Å². The van der Waals surface area contributed by atoms with Gasteiger partial charge in [0.15, 0.2) is 11.5 Å². The number of hydrogen-bond donors (Lipinski definition) is 2. The van der Waals surface area contributed by atoms with Crippen molar-refractivity contribution >= 4 is 17.5 Å². The summed E-state index contributed by atoms with van der Waals surface area (Å²) in [6.07, 6.45) is -1.56. The van der Waals surface area contributed by atoms with Gasteiger partial charge < -0.3 is 5.11 Å². The summed E-state index contributed by atoms with van der Waals surface area (Å²) in [5.41, 5.74) is -1.27. The lowest BCUT2D eigenvalue weighted by molar-refractivity contribution is -0.384. The molecule has 0 spiro atoms. The first-order chi connectivity index (χ1) is 6.52. The van der Waals surface area contributed by atoms with Crippen molar-refractivity contribution in [3.05, 3.63) is 34.1 Å². The summed E-state index contributed by atoms with van der Waals surface area (Å²) in [6.45, 7) is 0. The topological polar surface area (TPSA) is 92.5 Å². The molecule has 14 heavy (non-hydrogen) atoms. The second-order valence-corrected chi connectivity index (χ2v) is 2.32. The quantitative estimate of drug-likeness (QED) is 0.562. The third-order valence-electron chi connectivity index (χ3n) is 1.42. The molecule has 74 valence electrons. The summed E-state index contributed by atoms with van der Waals surface area (Å²) in [5, 5.41) is 20.3. The molecule has 0 radical (unpaired) electrons. The standard InChI is InChI=1S/C7H5FN2O4/c8-4-2-1-3-5(10(13)14)6(4)9-7(11)12/h1-3,9H,(H,11,12). The highest BCUT2D eigenvalue weighted by Crippen LogP contribution is 2.26. The zero-order valence-corrected chi connectivity index (χ0v) is 6.73. The molecule has 7 heteroatoms. The second kappa shape index (κ2) is 3.69. The van der Waals surface area contributed by atoms with Gasteiger partial charge in [0.25, 0.3) is 5.69 Å². The second-order valence-electron chi connectivity index (χ2n) is 2.32. The van der Waals surface area contributed by atoms with E-state index in [9.17, 15) is 19.3 Å². The maximum Gasteiger partial charge on any atom is 0.409 e. The van der Waals surface area contributed by atoms with Crippen LogP contribution in [0.5, 0.6) is 0 Å². The Bertz CT molecular complexity index is 393. The maximum atomic E-state index is 12.9. The molecule has 0 saturated carbocycles. The first kappa shape index (κ1) is 9.90. The monoisotopic (exact) mass is 200 g/mol. The SMILES string of the molecule is O=C(O)Nc1c(F)cccc1[N+](=O)[O-]. The molecule has 0 heterocycles. The van der Waals surface area contributed by atoms with Gasteiger partial charge in [-0.15, -0.1) is 0 Å². The first-order valence-electron chi connectivity index (χ1n) is 3.45. The summed E-state index contributed by atoms with van der Waals surface area (Å²) in [6, 6.07) is 3.06. The largest absolute Gasteiger partial charge is 0.465 e. The number of nitro benzene ring substituents is 1. The Balaban J connectivity index is 3.22. The van der Waals surface area contributed by atoms with E-state index in [1.165, 1.54) is 0 Å². The van der Waals surface area contributed by atoms with Crippen molar-refractivity contribution in [2.75, 3.05) is 5.32 Å². The Labute approximate surface area is 77.1 Å². The van der Waals surface area contributed by atoms with E-state index < -0.39 is 28.2 Å². The van der Waals surface area contributed by atoms with Crippen molar-refractivity contribution in [2.45, 2.75) is 0 Å². The fraction of sp³-hybridized carbons (Fsp3) is 0. The normalized spacial score (nSPS) is 9.50. The van der Waals surface area contributed by atoms with Crippen molar-refractivity contribution in [2.24, 2.45) is 0 Å². The fourth-order valence-corrected chi connectivity index (χ4v) is 0.896. The number of nitro groups is 1. The molecular formula is C7H5FN2O4. The van der Waals surface area contributed by atoms with Gasteiger partial charge in [-0.3, -0.25) is 15.4 Å². The number of carbonyl (C=O) groups is 1. The van der Waals surface area contributed by atoms with Crippen LogP contribution in [0.1, 0.15) is 0 Å². The highest BCUT2D eigenvalue weighted by atomic mass is 19.1. The molecule has 0 bridgehead atoms. The number of hydrogen-bond acceptors (Lipinski definition) is 3. The number of halogens is 1. The molecule has 0 aliphatic heterocycles. The predicted molar refractivity (Wildman–Crippen MR) is 44.7 cm³/mol. The number of anilines is 1. The van der Waals surface area contributed by atoms with Crippen LogP contribution < -0.4 is 5.32 Å².